The minimum absolute atomic E-state index is 0.886. The molecule has 0 fully saturated rings. The van der Waals surface area contributed by atoms with Crippen molar-refractivity contribution in [2.24, 2.45) is 0 Å². The summed E-state index contributed by atoms with van der Waals surface area (Å²) in [5, 5.41) is 4.75. The third-order valence-corrected chi connectivity index (χ3v) is 8.04. The summed E-state index contributed by atoms with van der Waals surface area (Å²) in [6.45, 7) is 0. The molecule has 0 amide bonds. The number of hydrogen-bond acceptors (Lipinski definition) is 2. The van der Waals surface area contributed by atoms with E-state index in [-0.39, 0.29) is 0 Å². The summed E-state index contributed by atoms with van der Waals surface area (Å²) in [6.07, 6.45) is 0. The number of benzene rings is 7. The molecule has 0 bridgehead atoms. The van der Waals surface area contributed by atoms with E-state index in [9.17, 15) is 0 Å². The molecule has 8 aromatic rings. The van der Waals surface area contributed by atoms with Gasteiger partial charge < -0.3 is 9.32 Å². The van der Waals surface area contributed by atoms with Crippen molar-refractivity contribution in [2.75, 3.05) is 4.90 Å². The van der Waals surface area contributed by atoms with Gasteiger partial charge in [-0.05, 0) is 87.6 Å². The average molecular weight is 538 g/mol. The van der Waals surface area contributed by atoms with E-state index in [1.54, 1.807) is 0 Å². The molecular formula is C40H27NO. The molecule has 0 saturated heterocycles. The summed E-state index contributed by atoms with van der Waals surface area (Å²) in [7, 11) is 0. The largest absolute Gasteiger partial charge is 0.456 e. The van der Waals surface area contributed by atoms with Gasteiger partial charge in [0.1, 0.15) is 11.2 Å². The molecule has 1 aromatic heterocycles. The second-order valence-electron chi connectivity index (χ2n) is 10.6. The predicted octanol–water partition coefficient (Wildman–Crippen LogP) is 11.5. The Morgan fingerprint density at radius 3 is 1.86 bits per heavy atom. The normalized spacial score (nSPS) is 11.3. The Morgan fingerprint density at radius 1 is 0.381 bits per heavy atom. The van der Waals surface area contributed by atoms with Crippen LogP contribution in [0, 0.1) is 0 Å². The van der Waals surface area contributed by atoms with Gasteiger partial charge in [0.15, 0.2) is 0 Å². The Hall–Kier alpha value is -5.60. The first kappa shape index (κ1) is 24.2. The second kappa shape index (κ2) is 10.1. The van der Waals surface area contributed by atoms with Crippen molar-refractivity contribution in [2.45, 2.75) is 0 Å². The lowest BCUT2D eigenvalue weighted by molar-refractivity contribution is 0.669. The lowest BCUT2D eigenvalue weighted by Crippen LogP contribution is -2.10. The van der Waals surface area contributed by atoms with E-state index in [0.29, 0.717) is 0 Å². The van der Waals surface area contributed by atoms with E-state index in [4.69, 9.17) is 4.42 Å². The Morgan fingerprint density at radius 2 is 1.00 bits per heavy atom. The molecule has 8 rings (SSSR count). The summed E-state index contributed by atoms with van der Waals surface area (Å²) in [4.78, 5) is 2.32. The molecule has 7 aromatic carbocycles. The van der Waals surface area contributed by atoms with Gasteiger partial charge in [-0.3, -0.25) is 0 Å². The molecule has 2 nitrogen and oxygen atoms in total. The molecular weight excluding hydrogens is 510 g/mol. The zero-order chi connectivity index (χ0) is 27.9. The number of rotatable bonds is 5. The molecule has 0 aliphatic heterocycles. The first-order valence-corrected chi connectivity index (χ1v) is 14.3. The Kier molecular flexibility index (Phi) is 5.82. The monoisotopic (exact) mass is 537 g/mol. The van der Waals surface area contributed by atoms with Crippen molar-refractivity contribution >= 4 is 49.8 Å². The van der Waals surface area contributed by atoms with Crippen LogP contribution in [0.4, 0.5) is 17.1 Å². The minimum atomic E-state index is 0.886. The number of furan rings is 1. The summed E-state index contributed by atoms with van der Waals surface area (Å²) >= 11 is 0. The van der Waals surface area contributed by atoms with Gasteiger partial charge in [-0.25, -0.2) is 0 Å². The highest BCUT2D eigenvalue weighted by atomic mass is 16.3. The molecule has 42 heavy (non-hydrogen) atoms. The van der Waals surface area contributed by atoms with Crippen molar-refractivity contribution in [1.29, 1.82) is 0 Å². The fourth-order valence-electron chi connectivity index (χ4n) is 6.00. The van der Waals surface area contributed by atoms with Crippen LogP contribution in [0.2, 0.25) is 0 Å². The molecule has 198 valence electrons. The number of para-hydroxylation sites is 2. The van der Waals surface area contributed by atoms with Crippen LogP contribution in [0.3, 0.4) is 0 Å². The van der Waals surface area contributed by atoms with Crippen molar-refractivity contribution in [3.05, 3.63) is 164 Å². The van der Waals surface area contributed by atoms with Gasteiger partial charge in [0.25, 0.3) is 0 Å². The summed E-state index contributed by atoms with van der Waals surface area (Å²) in [5.74, 6) is 0. The highest BCUT2D eigenvalue weighted by Crippen LogP contribution is 2.43. The van der Waals surface area contributed by atoms with E-state index in [1.165, 1.54) is 33.0 Å². The number of hydrogen-bond donors (Lipinski definition) is 0. The number of nitrogens with zero attached hydrogens (tertiary/aromatic N) is 1. The predicted molar refractivity (Wildman–Crippen MR) is 177 cm³/mol. The van der Waals surface area contributed by atoms with E-state index in [2.05, 4.69) is 150 Å². The van der Waals surface area contributed by atoms with E-state index < -0.39 is 0 Å². The lowest BCUT2D eigenvalue weighted by Gasteiger charge is -2.26. The minimum Gasteiger partial charge on any atom is -0.456 e. The molecule has 0 atom stereocenters. The van der Waals surface area contributed by atoms with E-state index >= 15 is 0 Å². The molecule has 1 heterocycles. The van der Waals surface area contributed by atoms with Crippen LogP contribution in [0.5, 0.6) is 0 Å². The van der Waals surface area contributed by atoms with Gasteiger partial charge in [-0.1, -0.05) is 109 Å². The van der Waals surface area contributed by atoms with Crippen LogP contribution in [0.25, 0.3) is 55.0 Å². The molecule has 0 spiro atoms. The summed E-state index contributed by atoms with van der Waals surface area (Å²) in [5.41, 5.74) is 9.88. The van der Waals surface area contributed by atoms with Crippen LogP contribution >= 0.6 is 0 Å². The van der Waals surface area contributed by atoms with Gasteiger partial charge in [-0.15, -0.1) is 0 Å². The third kappa shape index (κ3) is 4.22. The topological polar surface area (TPSA) is 16.4 Å². The van der Waals surface area contributed by atoms with Crippen LogP contribution in [-0.2, 0) is 0 Å². The zero-order valence-electron chi connectivity index (χ0n) is 22.9. The molecule has 0 saturated carbocycles. The molecule has 0 unspecified atom stereocenters. The van der Waals surface area contributed by atoms with Gasteiger partial charge >= 0.3 is 0 Å². The van der Waals surface area contributed by atoms with Crippen molar-refractivity contribution in [3.8, 4) is 22.3 Å². The summed E-state index contributed by atoms with van der Waals surface area (Å²) < 4.78 is 6.24. The molecule has 0 aliphatic rings. The maximum Gasteiger partial charge on any atom is 0.137 e. The first-order chi connectivity index (χ1) is 20.8. The quantitative estimate of drug-likeness (QED) is 0.217. The van der Waals surface area contributed by atoms with Crippen molar-refractivity contribution in [1.82, 2.24) is 0 Å². The fraction of sp³-hybridized carbons (Fsp3) is 0. The lowest BCUT2D eigenvalue weighted by atomic mass is 9.97. The van der Waals surface area contributed by atoms with Gasteiger partial charge in [0.05, 0.1) is 11.1 Å². The first-order valence-electron chi connectivity index (χ1n) is 14.3. The Labute approximate surface area is 244 Å². The number of anilines is 3. The number of fused-ring (bicyclic) bond motifs is 4. The van der Waals surface area contributed by atoms with Crippen LogP contribution in [-0.4, -0.2) is 0 Å². The summed E-state index contributed by atoms with van der Waals surface area (Å²) in [6, 6.07) is 58.0. The molecule has 0 N–H and O–H groups in total. The second-order valence-corrected chi connectivity index (χ2v) is 10.6. The highest BCUT2D eigenvalue weighted by molar-refractivity contribution is 6.13. The zero-order valence-corrected chi connectivity index (χ0v) is 22.9. The third-order valence-electron chi connectivity index (χ3n) is 8.04. The SMILES string of the molecule is c1ccc(N(c2ccc(-c3cccc(-c4ccc5ccccc5c4)c3)cc2)c2cccc3oc4ccccc4c23)cc1. The fourth-order valence-corrected chi connectivity index (χ4v) is 6.00. The van der Waals surface area contributed by atoms with Crippen molar-refractivity contribution < 1.29 is 4.42 Å². The smallest absolute Gasteiger partial charge is 0.137 e. The van der Waals surface area contributed by atoms with Gasteiger partial charge in [0, 0.05) is 16.8 Å². The maximum absolute atomic E-state index is 6.24. The van der Waals surface area contributed by atoms with Gasteiger partial charge in [0.2, 0.25) is 0 Å². The van der Waals surface area contributed by atoms with Crippen LogP contribution in [0.15, 0.2) is 168 Å². The maximum atomic E-state index is 6.24. The molecule has 2 heteroatoms. The average Bonchev–Trinajstić information content (AvgIpc) is 3.45. The van der Waals surface area contributed by atoms with E-state index in [1.807, 2.05) is 18.2 Å². The van der Waals surface area contributed by atoms with Crippen LogP contribution < -0.4 is 4.90 Å². The van der Waals surface area contributed by atoms with E-state index in [0.717, 1.165) is 39.0 Å². The van der Waals surface area contributed by atoms with Gasteiger partial charge in [-0.2, -0.15) is 0 Å². The van der Waals surface area contributed by atoms with Crippen LogP contribution in [0.1, 0.15) is 0 Å². The van der Waals surface area contributed by atoms with Crippen molar-refractivity contribution in [3.63, 3.8) is 0 Å². The Balaban J connectivity index is 1.21. The molecule has 0 radical (unpaired) electrons. The Bertz CT molecular complexity index is 2190. The highest BCUT2D eigenvalue weighted by Gasteiger charge is 2.19. The molecule has 0 aliphatic carbocycles. The standard InChI is InChI=1S/C40H27NO/c1-2-14-34(15-3-1)41(37-17-9-19-39-40(37)36-16-6-7-18-38(36)42-39)35-24-22-29(23-25-35)31-12-8-13-32(26-31)33-21-20-28-10-4-5-11-30(28)27-33/h1-27H.